The number of hydrogen-bond donors (Lipinski definition) is 1. The van der Waals surface area contributed by atoms with Gasteiger partial charge in [-0.05, 0) is 51.9 Å². The van der Waals surface area contributed by atoms with Gasteiger partial charge in [-0.3, -0.25) is 0 Å². The van der Waals surface area contributed by atoms with Crippen LogP contribution in [0.3, 0.4) is 0 Å². The molecule has 20 heavy (non-hydrogen) atoms. The maximum Gasteiger partial charge on any atom is 0.231 e. The van der Waals surface area contributed by atoms with E-state index in [0.29, 0.717) is 12.8 Å². The number of ether oxygens (including phenoxy) is 2. The fraction of sp³-hybridized carbons (Fsp3) is 0.625. The molecule has 4 nitrogen and oxygen atoms in total. The molecule has 2 aliphatic rings. The van der Waals surface area contributed by atoms with Gasteiger partial charge < -0.3 is 19.7 Å². The van der Waals surface area contributed by atoms with Gasteiger partial charge in [-0.15, -0.1) is 0 Å². The molecule has 0 radical (unpaired) electrons. The highest BCUT2D eigenvalue weighted by molar-refractivity contribution is 5.48. The summed E-state index contributed by atoms with van der Waals surface area (Å²) in [6.07, 6.45) is 2.58. The van der Waals surface area contributed by atoms with E-state index in [1.54, 1.807) is 0 Å². The number of nitrogens with zero attached hydrogens (tertiary/aromatic N) is 1. The van der Waals surface area contributed by atoms with E-state index >= 15 is 0 Å². The molecule has 0 aromatic heterocycles. The van der Waals surface area contributed by atoms with Gasteiger partial charge in [0, 0.05) is 18.2 Å². The summed E-state index contributed by atoms with van der Waals surface area (Å²) in [4.78, 5) is 2.42. The minimum atomic E-state index is 0.344. The zero-order chi connectivity index (χ0) is 13.9. The highest BCUT2D eigenvalue weighted by Gasteiger charge is 2.23. The molecule has 1 aromatic carbocycles. The smallest absolute Gasteiger partial charge is 0.231 e. The molecule has 4 heteroatoms. The van der Waals surface area contributed by atoms with Crippen molar-refractivity contribution >= 4 is 0 Å². The van der Waals surface area contributed by atoms with E-state index in [0.717, 1.165) is 24.0 Å². The molecule has 0 amide bonds. The summed E-state index contributed by atoms with van der Waals surface area (Å²) in [7, 11) is 2.21. The van der Waals surface area contributed by atoms with Gasteiger partial charge in [0.05, 0.1) is 0 Å². The number of piperidine rings is 1. The molecule has 0 spiro atoms. The van der Waals surface area contributed by atoms with Crippen LogP contribution in [0.1, 0.15) is 25.3 Å². The first-order chi connectivity index (χ1) is 9.74. The van der Waals surface area contributed by atoms with E-state index < -0.39 is 0 Å². The molecule has 1 saturated heterocycles. The zero-order valence-corrected chi connectivity index (χ0v) is 12.4. The van der Waals surface area contributed by atoms with E-state index in [1.165, 1.54) is 31.5 Å². The van der Waals surface area contributed by atoms with Gasteiger partial charge in [0.1, 0.15) is 0 Å². The Balaban J connectivity index is 1.56. The number of likely N-dealkylation sites (tertiary alicyclic amines) is 1. The fourth-order valence-electron chi connectivity index (χ4n) is 3.10. The predicted octanol–water partition coefficient (Wildman–Crippen LogP) is 2.24. The molecule has 1 N–H and O–H groups in total. The van der Waals surface area contributed by atoms with Crippen molar-refractivity contribution < 1.29 is 9.47 Å². The molecule has 3 rings (SSSR count). The molecule has 0 bridgehead atoms. The van der Waals surface area contributed by atoms with Crippen molar-refractivity contribution in [3.05, 3.63) is 23.8 Å². The second-order valence-corrected chi connectivity index (χ2v) is 5.96. The highest BCUT2D eigenvalue weighted by Crippen LogP contribution is 2.35. The first kappa shape index (κ1) is 13.7. The third-order valence-electron chi connectivity index (χ3n) is 4.56. The van der Waals surface area contributed by atoms with Crippen molar-refractivity contribution in [2.75, 3.05) is 26.9 Å². The van der Waals surface area contributed by atoms with Gasteiger partial charge >= 0.3 is 0 Å². The highest BCUT2D eigenvalue weighted by atomic mass is 16.7. The van der Waals surface area contributed by atoms with Gasteiger partial charge in [0.25, 0.3) is 0 Å². The van der Waals surface area contributed by atoms with Crippen LogP contribution in [-0.2, 0) is 6.54 Å². The lowest BCUT2D eigenvalue weighted by Gasteiger charge is -2.33. The van der Waals surface area contributed by atoms with Crippen molar-refractivity contribution in [2.45, 2.75) is 32.4 Å². The SMILES string of the molecule is CC(NCc1cccc2c1OCO2)C1CCN(C)CC1. The van der Waals surface area contributed by atoms with Crippen molar-refractivity contribution in [2.24, 2.45) is 5.92 Å². The number of hydrogen-bond acceptors (Lipinski definition) is 4. The number of fused-ring (bicyclic) bond motifs is 1. The number of rotatable bonds is 4. The van der Waals surface area contributed by atoms with Crippen LogP contribution in [0, 0.1) is 5.92 Å². The quantitative estimate of drug-likeness (QED) is 0.914. The third-order valence-corrected chi connectivity index (χ3v) is 4.56. The molecule has 1 fully saturated rings. The zero-order valence-electron chi connectivity index (χ0n) is 12.4. The van der Waals surface area contributed by atoms with Crippen molar-refractivity contribution in [1.29, 1.82) is 0 Å². The normalized spacial score (nSPS) is 21.1. The summed E-state index contributed by atoms with van der Waals surface area (Å²) in [5.41, 5.74) is 1.19. The molecular weight excluding hydrogens is 252 g/mol. The Hall–Kier alpha value is -1.26. The Labute approximate surface area is 121 Å². The Morgan fingerprint density at radius 3 is 2.90 bits per heavy atom. The molecule has 0 saturated carbocycles. The monoisotopic (exact) mass is 276 g/mol. The van der Waals surface area contributed by atoms with Gasteiger partial charge in [-0.25, -0.2) is 0 Å². The van der Waals surface area contributed by atoms with E-state index in [4.69, 9.17) is 9.47 Å². The first-order valence-electron chi connectivity index (χ1n) is 7.53. The van der Waals surface area contributed by atoms with Crippen molar-refractivity contribution in [3.63, 3.8) is 0 Å². The summed E-state index contributed by atoms with van der Waals surface area (Å²) in [5.74, 6) is 2.56. The lowest BCUT2D eigenvalue weighted by molar-refractivity contribution is 0.172. The van der Waals surface area contributed by atoms with Gasteiger partial charge in [0.15, 0.2) is 11.5 Å². The van der Waals surface area contributed by atoms with Crippen molar-refractivity contribution in [1.82, 2.24) is 10.2 Å². The summed E-state index contributed by atoms with van der Waals surface area (Å²) < 4.78 is 11.0. The second kappa shape index (κ2) is 6.02. The summed E-state index contributed by atoms with van der Waals surface area (Å²) in [6.45, 7) is 5.93. The van der Waals surface area contributed by atoms with Crippen LogP contribution in [0.25, 0.3) is 0 Å². The molecule has 1 atom stereocenters. The van der Waals surface area contributed by atoms with E-state index in [2.05, 4.69) is 30.3 Å². The lowest BCUT2D eigenvalue weighted by Crippen LogP contribution is -2.40. The molecule has 0 aliphatic carbocycles. The molecular formula is C16H24N2O2. The Morgan fingerprint density at radius 2 is 2.10 bits per heavy atom. The lowest BCUT2D eigenvalue weighted by atomic mass is 9.90. The largest absolute Gasteiger partial charge is 0.454 e. The van der Waals surface area contributed by atoms with Crippen LogP contribution >= 0.6 is 0 Å². The van der Waals surface area contributed by atoms with Crippen LogP contribution in [0.15, 0.2) is 18.2 Å². The van der Waals surface area contributed by atoms with E-state index in [-0.39, 0.29) is 0 Å². The van der Waals surface area contributed by atoms with Crippen LogP contribution in [0.2, 0.25) is 0 Å². The van der Waals surface area contributed by atoms with Crippen LogP contribution in [0.5, 0.6) is 11.5 Å². The predicted molar refractivity (Wildman–Crippen MR) is 79.1 cm³/mol. The van der Waals surface area contributed by atoms with E-state index in [1.807, 2.05) is 12.1 Å². The standard InChI is InChI=1S/C16H24N2O2/c1-12(13-6-8-18(2)9-7-13)17-10-14-4-3-5-15-16(14)20-11-19-15/h3-5,12-13,17H,6-11H2,1-2H3. The summed E-state index contributed by atoms with van der Waals surface area (Å²) in [5, 5.41) is 3.66. The van der Waals surface area contributed by atoms with Crippen LogP contribution < -0.4 is 14.8 Å². The number of para-hydroxylation sites is 1. The molecule has 1 unspecified atom stereocenters. The summed E-state index contributed by atoms with van der Waals surface area (Å²) >= 11 is 0. The average molecular weight is 276 g/mol. The van der Waals surface area contributed by atoms with Crippen molar-refractivity contribution in [3.8, 4) is 11.5 Å². The van der Waals surface area contributed by atoms with Gasteiger partial charge in [0.2, 0.25) is 6.79 Å². The third kappa shape index (κ3) is 2.91. The Morgan fingerprint density at radius 1 is 1.30 bits per heavy atom. The number of nitrogens with one attached hydrogen (secondary N) is 1. The summed E-state index contributed by atoms with van der Waals surface area (Å²) in [6, 6.07) is 6.65. The maximum atomic E-state index is 5.55. The Bertz CT molecular complexity index is 456. The second-order valence-electron chi connectivity index (χ2n) is 5.96. The topological polar surface area (TPSA) is 33.7 Å². The molecule has 2 aliphatic heterocycles. The molecule has 1 aromatic rings. The van der Waals surface area contributed by atoms with Crippen LogP contribution in [0.4, 0.5) is 0 Å². The van der Waals surface area contributed by atoms with Gasteiger partial charge in [-0.2, -0.15) is 0 Å². The fourth-order valence-corrected chi connectivity index (χ4v) is 3.10. The van der Waals surface area contributed by atoms with Crippen LogP contribution in [-0.4, -0.2) is 37.9 Å². The number of benzene rings is 1. The average Bonchev–Trinajstić information content (AvgIpc) is 2.94. The minimum Gasteiger partial charge on any atom is -0.454 e. The maximum absolute atomic E-state index is 5.55. The molecule has 110 valence electrons. The molecule has 2 heterocycles. The van der Waals surface area contributed by atoms with E-state index in [9.17, 15) is 0 Å². The minimum absolute atomic E-state index is 0.344. The first-order valence-corrected chi connectivity index (χ1v) is 7.53. The van der Waals surface area contributed by atoms with Gasteiger partial charge in [-0.1, -0.05) is 12.1 Å². The Kier molecular flexibility index (Phi) is 4.13.